The Hall–Kier alpha value is -16.6. The van der Waals surface area contributed by atoms with Gasteiger partial charge in [0.15, 0.2) is 40.8 Å². The van der Waals surface area contributed by atoms with Crippen LogP contribution in [0.5, 0.6) is 0 Å². The van der Waals surface area contributed by atoms with Gasteiger partial charge in [0.25, 0.3) is 29.5 Å². The predicted octanol–water partition coefficient (Wildman–Crippen LogP) is 15.1. The van der Waals surface area contributed by atoms with E-state index in [1.54, 1.807) is 103 Å². The summed E-state index contributed by atoms with van der Waals surface area (Å²) in [5.41, 5.74) is 15.3. The van der Waals surface area contributed by atoms with Crippen molar-refractivity contribution in [1.82, 2.24) is 136 Å². The maximum atomic E-state index is 13.0. The van der Waals surface area contributed by atoms with Crippen molar-refractivity contribution in [1.29, 1.82) is 0 Å². The number of piperidine rings is 1. The molecular formula is C90H87F15N30O5. The number of carbonyl (C=O) groups excluding carboxylic acids is 5. The molecule has 8 aromatic heterocycles. The molecule has 0 spiro atoms. The quantitative estimate of drug-likeness (QED) is 0.0197. The first-order chi connectivity index (χ1) is 66.3. The van der Waals surface area contributed by atoms with Gasteiger partial charge in [-0.25, -0.2) is 73.3 Å². The van der Waals surface area contributed by atoms with E-state index in [0.29, 0.717) is 51.2 Å². The molecule has 5 amide bonds. The molecule has 0 radical (unpaired) electrons. The third-order valence-corrected chi connectivity index (χ3v) is 19.5. The van der Waals surface area contributed by atoms with E-state index in [4.69, 9.17) is 0 Å². The van der Waals surface area contributed by atoms with Crippen LogP contribution in [-0.4, -0.2) is 179 Å². The second kappa shape index (κ2) is 46.8. The molecule has 140 heavy (non-hydrogen) atoms. The zero-order valence-electron chi connectivity index (χ0n) is 75.3. The van der Waals surface area contributed by atoms with Crippen LogP contribution in [0.3, 0.4) is 0 Å². The summed E-state index contributed by atoms with van der Waals surface area (Å²) < 4.78 is 201. The number of alkyl halides is 15. The van der Waals surface area contributed by atoms with Gasteiger partial charge in [-0.2, -0.15) is 65.9 Å². The van der Waals surface area contributed by atoms with E-state index in [1.165, 1.54) is 164 Å². The molecule has 0 saturated carbocycles. The maximum Gasteiger partial charge on any atom is 0.416 e. The van der Waals surface area contributed by atoms with Crippen LogP contribution in [0.2, 0.25) is 0 Å². The standard InChI is InChI=1S/C19H17F3N6O.C19H22F3N5O.C18H16F3N7O.C17H14F3N7O.C17H18F3N5O/c1-13-9-14(11-15(10-13)19(20,21)22)18-24-12-28(26-18)8-6-17(29)25-27(2)16-5-3-4-7-23-16;1-13-3-6-26(7-4-13)24-17(28)5-8-27-12-23-18(25-27)15-9-14(2)10-16(11-15)19(20,21)22;1-12-7-13(9-14(8-12)18(19,20)21)17-24-11-28(26-17)6-3-16(29)25-27(2)15-10-22-4-5-23-15;1-11-6-12(8-13(7-11)17(18,19)20)16-23-10-27(26-16)5-2-15(28)25-24-14-9-21-3-4-22-14;1-12-8-13(10-14(9-12)17(18,19)20)16-21-11-25(23-16)7-4-15(26)22-24-5-2-3-6-24/h3-12H,1-2H3,(H,25,29);5,8-13H,3-4,6-7H2,1-2H3,(H,24,28);3-11H,1-2H3,(H,25,29);2-10H,1H3,(H,22,24)(H,25,28);4,7-11H,2-3,5-6H2,1H3,(H,22,26)/b8-6-;8-5-;6-3-;5-2-;7-4-. The molecule has 15 rings (SSSR count). The van der Waals surface area contributed by atoms with Gasteiger partial charge in [0.05, 0.1) is 40.2 Å². The van der Waals surface area contributed by atoms with Crippen molar-refractivity contribution in [2.75, 3.05) is 55.7 Å². The van der Waals surface area contributed by atoms with Gasteiger partial charge in [-0.3, -0.25) is 76.5 Å². The number of nitrogens with zero attached hydrogens (tertiary/aromatic N) is 24. The minimum Gasteiger partial charge on any atom is -0.285 e. The van der Waals surface area contributed by atoms with Crippen LogP contribution < -0.4 is 42.6 Å². The average Bonchev–Trinajstić information content (AvgIpc) is 1.48. The van der Waals surface area contributed by atoms with Crippen LogP contribution in [0.4, 0.5) is 83.3 Å². The van der Waals surface area contributed by atoms with Gasteiger partial charge in [-0.05, 0) is 197 Å². The first kappa shape index (κ1) is 104. The fourth-order valence-corrected chi connectivity index (χ4v) is 12.9. The maximum absolute atomic E-state index is 13.0. The molecular weight excluding hydrogens is 1870 g/mol. The zero-order valence-corrected chi connectivity index (χ0v) is 75.3. The molecule has 2 aliphatic heterocycles. The number of carbonyl (C=O) groups is 5. The third kappa shape index (κ3) is 32.3. The van der Waals surface area contributed by atoms with Crippen molar-refractivity contribution < 1.29 is 89.8 Å². The Morgan fingerprint density at radius 3 is 0.950 bits per heavy atom. The first-order valence-electron chi connectivity index (χ1n) is 41.9. The lowest BCUT2D eigenvalue weighted by Gasteiger charge is -2.29. The summed E-state index contributed by atoms with van der Waals surface area (Å²) in [6.45, 7) is 13.3. The van der Waals surface area contributed by atoms with E-state index in [1.807, 2.05) is 10.0 Å². The Morgan fingerprint density at radius 1 is 0.350 bits per heavy atom. The Balaban J connectivity index is 0.000000167. The largest absolute Gasteiger partial charge is 0.416 e. The lowest BCUT2D eigenvalue weighted by Crippen LogP contribution is -2.45. The molecule has 10 heterocycles. The molecule has 0 aliphatic carbocycles. The smallest absolute Gasteiger partial charge is 0.285 e. The highest BCUT2D eigenvalue weighted by molar-refractivity contribution is 5.93. The summed E-state index contributed by atoms with van der Waals surface area (Å²) in [7, 11) is 3.23. The van der Waals surface area contributed by atoms with E-state index in [9.17, 15) is 89.8 Å². The number of aromatic nitrogens is 20. The highest BCUT2D eigenvalue weighted by atomic mass is 19.4. The number of benzene rings is 5. The minimum absolute atomic E-state index is 0.108. The SMILES string of the molecule is Cc1cc(-c2ncn(/C=C\C(=O)NN(C)c3ccccn3)n2)cc(C(F)(F)F)c1.Cc1cc(-c2ncn(/C=C\C(=O)NN(C)c3cnccn3)n2)cc(C(F)(F)F)c1.Cc1cc(-c2ncn(/C=C\C(=O)NN3CCC(C)CC3)n2)cc(C(F)(F)F)c1.Cc1cc(-c2ncn(/C=C\C(=O)NN3CCCC3)n2)cc(C(F)(F)F)c1.Cc1cc(-c2ncn(/C=C\C(=O)NNc3cnccn3)n2)cc(C(F)(F)F)c1. The fourth-order valence-electron chi connectivity index (χ4n) is 12.9. The lowest BCUT2D eigenvalue weighted by molar-refractivity contribution is -0.138. The van der Waals surface area contributed by atoms with E-state index in [2.05, 4.69) is 115 Å². The third-order valence-electron chi connectivity index (χ3n) is 19.5. The van der Waals surface area contributed by atoms with Crippen LogP contribution >= 0.6 is 0 Å². The first-order valence-corrected chi connectivity index (χ1v) is 41.9. The topological polar surface area (TPSA) is 388 Å². The second-order valence-corrected chi connectivity index (χ2v) is 31.1. The van der Waals surface area contributed by atoms with Crippen LogP contribution in [0.15, 0.2) is 215 Å². The summed E-state index contributed by atoms with van der Waals surface area (Å²) in [6, 6.07) is 23.4. The number of anilines is 3. The van der Waals surface area contributed by atoms with Crippen LogP contribution in [0.25, 0.3) is 87.9 Å². The number of aryl methyl sites for hydroxylation is 5. The highest BCUT2D eigenvalue weighted by Crippen LogP contribution is 2.38. The molecule has 0 atom stereocenters. The van der Waals surface area contributed by atoms with E-state index in [-0.39, 0.29) is 68.8 Å². The zero-order chi connectivity index (χ0) is 101. The van der Waals surface area contributed by atoms with Crippen LogP contribution in [-0.2, 0) is 54.9 Å². The summed E-state index contributed by atoms with van der Waals surface area (Å²) in [5.74, 6) is 0.674. The van der Waals surface area contributed by atoms with E-state index in [0.717, 1.165) is 113 Å². The number of hydrogen-bond acceptors (Lipinski definition) is 25. The normalized spacial score (nSPS) is 13.4. The Morgan fingerprint density at radius 2 is 0.650 bits per heavy atom. The van der Waals surface area contributed by atoms with E-state index < -0.39 is 76.4 Å². The molecule has 5 aromatic carbocycles. The molecule has 0 bridgehead atoms. The van der Waals surface area contributed by atoms with Crippen molar-refractivity contribution in [2.24, 2.45) is 5.92 Å². The Bertz CT molecular complexity index is 6390. The number of hydrazine groups is 5. The minimum atomic E-state index is -4.46. The Labute approximate surface area is 787 Å². The average molecular weight is 1950 g/mol. The van der Waals surface area contributed by atoms with E-state index >= 15 is 0 Å². The number of hydrogen-bond donors (Lipinski definition) is 6. The Kier molecular flexibility index (Phi) is 34.7. The molecule has 2 aliphatic rings. The predicted molar refractivity (Wildman–Crippen MR) is 483 cm³/mol. The summed E-state index contributed by atoms with van der Waals surface area (Å²) >= 11 is 0. The molecule has 50 heteroatoms. The monoisotopic (exact) mass is 1950 g/mol. The number of pyridine rings is 1. The van der Waals surface area contributed by atoms with Gasteiger partial charge in [0.1, 0.15) is 37.5 Å². The van der Waals surface area contributed by atoms with Crippen molar-refractivity contribution in [2.45, 2.75) is 98.1 Å². The summed E-state index contributed by atoms with van der Waals surface area (Å²) in [4.78, 5) is 99.5. The molecule has 6 N–H and O–H groups in total. The molecule has 732 valence electrons. The number of halogens is 15. The summed E-state index contributed by atoms with van der Waals surface area (Å²) in [6.07, 6.45) is 11.9. The fraction of sp³-hybridized carbons (Fsp3) is 0.244. The van der Waals surface area contributed by atoms with Crippen molar-refractivity contribution in [3.8, 4) is 56.9 Å². The van der Waals surface area contributed by atoms with Crippen molar-refractivity contribution in [3.63, 3.8) is 0 Å². The molecule has 13 aromatic rings. The molecule has 2 saturated heterocycles. The molecule has 0 unspecified atom stereocenters. The van der Waals surface area contributed by atoms with Gasteiger partial charge >= 0.3 is 30.9 Å². The van der Waals surface area contributed by atoms with Crippen LogP contribution in [0.1, 0.15) is 88.2 Å². The number of amides is 5. The van der Waals surface area contributed by atoms with Gasteiger partial charge in [0.2, 0.25) is 0 Å². The summed E-state index contributed by atoms with van der Waals surface area (Å²) in [5, 5.41) is 27.0. The van der Waals surface area contributed by atoms with Crippen molar-refractivity contribution >= 4 is 78.0 Å². The van der Waals surface area contributed by atoms with Gasteiger partial charge < -0.3 is 0 Å². The van der Waals surface area contributed by atoms with Crippen LogP contribution in [0, 0.1) is 40.5 Å². The number of rotatable bonds is 23. The molecule has 35 nitrogen and oxygen atoms in total. The van der Waals surface area contributed by atoms with Gasteiger partial charge in [0, 0.05) is 160 Å². The van der Waals surface area contributed by atoms with Crippen molar-refractivity contribution in [3.05, 3.63) is 270 Å². The number of nitrogens with one attached hydrogen (secondary N) is 6. The van der Waals surface area contributed by atoms with Gasteiger partial charge in [-0.15, -0.1) is 25.5 Å². The second-order valence-electron chi connectivity index (χ2n) is 31.1. The lowest BCUT2D eigenvalue weighted by atomic mass is 10.0. The van der Waals surface area contributed by atoms with Gasteiger partial charge in [-0.1, -0.05) is 13.0 Å². The molecule has 2 fully saturated rings. The highest BCUT2D eigenvalue weighted by Gasteiger charge is 2.36.